The molecular formula is C19H22ClN5O2. The Balaban J connectivity index is 0.00000210. The molecule has 0 radical (unpaired) electrons. The number of amides is 1. The summed E-state index contributed by atoms with van der Waals surface area (Å²) in [5.41, 5.74) is 7.41. The van der Waals surface area contributed by atoms with Crippen molar-refractivity contribution < 1.29 is 4.79 Å². The highest BCUT2D eigenvalue weighted by molar-refractivity contribution is 5.98. The van der Waals surface area contributed by atoms with Crippen LogP contribution in [0.25, 0.3) is 5.65 Å². The molecule has 7 nitrogen and oxygen atoms in total. The van der Waals surface area contributed by atoms with Crippen LogP contribution < -0.4 is 16.7 Å². The summed E-state index contributed by atoms with van der Waals surface area (Å²) in [5.74, 6) is -0.142. The van der Waals surface area contributed by atoms with Gasteiger partial charge in [-0.2, -0.15) is 0 Å². The van der Waals surface area contributed by atoms with Crippen LogP contribution >= 0.6 is 12.4 Å². The number of carbonyl (C=O) groups is 1. The Kier molecular flexibility index (Phi) is 5.34. The summed E-state index contributed by atoms with van der Waals surface area (Å²) in [6.07, 6.45) is 5.10. The van der Waals surface area contributed by atoms with E-state index in [4.69, 9.17) is 5.73 Å². The van der Waals surface area contributed by atoms with Crippen LogP contribution in [-0.2, 0) is 11.3 Å². The van der Waals surface area contributed by atoms with Crippen LogP contribution in [-0.4, -0.2) is 25.6 Å². The van der Waals surface area contributed by atoms with Gasteiger partial charge in [0.15, 0.2) is 5.65 Å². The maximum absolute atomic E-state index is 12.5. The largest absolute Gasteiger partial charge is 0.350 e. The van der Waals surface area contributed by atoms with Gasteiger partial charge in [0, 0.05) is 11.9 Å². The molecule has 0 aliphatic heterocycles. The first-order valence-corrected chi connectivity index (χ1v) is 8.79. The fourth-order valence-electron chi connectivity index (χ4n) is 3.48. The van der Waals surface area contributed by atoms with E-state index < -0.39 is 5.54 Å². The summed E-state index contributed by atoms with van der Waals surface area (Å²) in [6, 6.07) is 12.9. The van der Waals surface area contributed by atoms with Crippen LogP contribution in [0.3, 0.4) is 0 Å². The smallest absolute Gasteiger partial charge is 0.324 e. The molecule has 0 saturated heterocycles. The van der Waals surface area contributed by atoms with Crippen LogP contribution in [0.5, 0.6) is 0 Å². The van der Waals surface area contributed by atoms with E-state index in [1.807, 2.05) is 30.3 Å². The van der Waals surface area contributed by atoms with Crippen LogP contribution in [0.15, 0.2) is 53.5 Å². The highest BCUT2D eigenvalue weighted by Crippen LogP contribution is 2.28. The van der Waals surface area contributed by atoms with Crippen molar-refractivity contribution in [3.8, 4) is 0 Å². The number of carbonyl (C=O) groups excluding carboxylic acids is 1. The molecule has 1 amide bonds. The highest BCUT2D eigenvalue weighted by atomic mass is 35.5. The van der Waals surface area contributed by atoms with Gasteiger partial charge in [-0.3, -0.25) is 9.20 Å². The van der Waals surface area contributed by atoms with Gasteiger partial charge in [-0.15, -0.1) is 17.5 Å². The topological polar surface area (TPSA) is 94.4 Å². The Hall–Kier alpha value is -2.64. The number of halogens is 1. The van der Waals surface area contributed by atoms with Crippen LogP contribution in [0.1, 0.15) is 31.2 Å². The van der Waals surface area contributed by atoms with E-state index >= 15 is 0 Å². The maximum atomic E-state index is 12.5. The number of pyridine rings is 1. The molecule has 2 aromatic heterocycles. The van der Waals surface area contributed by atoms with Crippen molar-refractivity contribution in [2.75, 3.05) is 5.32 Å². The van der Waals surface area contributed by atoms with Gasteiger partial charge in [0.05, 0.1) is 12.1 Å². The van der Waals surface area contributed by atoms with E-state index in [0.29, 0.717) is 17.9 Å². The molecule has 1 saturated carbocycles. The molecule has 1 aliphatic rings. The number of nitrogens with zero attached hydrogens (tertiary/aromatic N) is 3. The molecule has 1 fully saturated rings. The van der Waals surface area contributed by atoms with E-state index in [1.165, 1.54) is 9.08 Å². The third kappa shape index (κ3) is 3.74. The number of anilines is 1. The molecule has 3 N–H and O–H groups in total. The average molecular weight is 388 g/mol. The Morgan fingerprint density at radius 1 is 1.19 bits per heavy atom. The average Bonchev–Trinajstić information content (AvgIpc) is 3.21. The monoisotopic (exact) mass is 387 g/mol. The van der Waals surface area contributed by atoms with Crippen molar-refractivity contribution in [3.05, 3.63) is 64.7 Å². The Labute approximate surface area is 162 Å². The van der Waals surface area contributed by atoms with Gasteiger partial charge in [-0.1, -0.05) is 31.0 Å². The molecule has 1 aromatic carbocycles. The van der Waals surface area contributed by atoms with E-state index in [0.717, 1.165) is 31.2 Å². The molecule has 0 spiro atoms. The zero-order chi connectivity index (χ0) is 18.1. The molecule has 27 heavy (non-hydrogen) atoms. The second kappa shape index (κ2) is 7.54. The Morgan fingerprint density at radius 2 is 1.96 bits per heavy atom. The van der Waals surface area contributed by atoms with Gasteiger partial charge < -0.3 is 11.1 Å². The zero-order valence-corrected chi connectivity index (χ0v) is 15.6. The normalized spacial score (nSPS) is 15.4. The van der Waals surface area contributed by atoms with Crippen molar-refractivity contribution in [1.29, 1.82) is 0 Å². The first kappa shape index (κ1) is 19.1. The molecule has 0 bridgehead atoms. The number of aromatic nitrogens is 3. The van der Waals surface area contributed by atoms with Gasteiger partial charge in [0.25, 0.3) is 0 Å². The van der Waals surface area contributed by atoms with E-state index in [1.54, 1.807) is 18.3 Å². The van der Waals surface area contributed by atoms with E-state index in [2.05, 4.69) is 10.4 Å². The summed E-state index contributed by atoms with van der Waals surface area (Å²) in [4.78, 5) is 24.9. The quantitative estimate of drug-likeness (QED) is 0.717. The molecule has 0 unspecified atom stereocenters. The molecule has 4 rings (SSSR count). The van der Waals surface area contributed by atoms with Crippen molar-refractivity contribution in [2.24, 2.45) is 5.73 Å². The third-order valence-electron chi connectivity index (χ3n) is 4.95. The molecule has 3 aromatic rings. The Bertz CT molecular complexity index is 1020. The van der Waals surface area contributed by atoms with Crippen LogP contribution in [0.2, 0.25) is 0 Å². The second-order valence-corrected chi connectivity index (χ2v) is 6.89. The lowest BCUT2D eigenvalue weighted by atomic mass is 9.98. The molecule has 0 atom stereocenters. The number of hydrogen-bond acceptors (Lipinski definition) is 4. The summed E-state index contributed by atoms with van der Waals surface area (Å²) >= 11 is 0. The minimum Gasteiger partial charge on any atom is -0.324 e. The van der Waals surface area contributed by atoms with E-state index in [9.17, 15) is 9.59 Å². The molecule has 142 valence electrons. The summed E-state index contributed by atoms with van der Waals surface area (Å²) in [6.45, 7) is 0.331. The summed E-state index contributed by atoms with van der Waals surface area (Å²) < 4.78 is 2.92. The van der Waals surface area contributed by atoms with Crippen molar-refractivity contribution in [1.82, 2.24) is 14.2 Å². The number of nitrogens with one attached hydrogen (secondary N) is 1. The predicted octanol–water partition coefficient (Wildman–Crippen LogP) is 2.18. The van der Waals surface area contributed by atoms with Crippen molar-refractivity contribution in [2.45, 2.75) is 37.8 Å². The number of rotatable bonds is 4. The lowest BCUT2D eigenvalue weighted by molar-refractivity contribution is -0.121. The SMILES string of the molecule is Cl.NC1(C(=O)Nc2cccc(Cn3nc4ccccn4c3=O)c2)CCCC1. The van der Waals surface area contributed by atoms with Crippen LogP contribution in [0, 0.1) is 0 Å². The molecule has 8 heteroatoms. The molecular weight excluding hydrogens is 366 g/mol. The third-order valence-corrected chi connectivity index (χ3v) is 4.95. The zero-order valence-electron chi connectivity index (χ0n) is 14.8. The van der Waals surface area contributed by atoms with Crippen LogP contribution in [0.4, 0.5) is 5.69 Å². The van der Waals surface area contributed by atoms with Crippen molar-refractivity contribution in [3.63, 3.8) is 0 Å². The number of benzene rings is 1. The fourth-order valence-corrected chi connectivity index (χ4v) is 3.48. The standard InChI is InChI=1S/C19H21N5O2.ClH/c20-19(9-2-3-10-19)17(25)21-15-7-5-6-14(12-15)13-24-18(26)23-11-4-1-8-16(23)22-24;/h1,4-8,11-12H,2-3,9-10,13,20H2,(H,21,25);1H. The lowest BCUT2D eigenvalue weighted by Gasteiger charge is -2.22. The van der Waals surface area contributed by atoms with Crippen molar-refractivity contribution >= 4 is 29.6 Å². The fraction of sp³-hybridized carbons (Fsp3) is 0.316. The van der Waals surface area contributed by atoms with E-state index in [-0.39, 0.29) is 24.0 Å². The van der Waals surface area contributed by atoms with Gasteiger partial charge in [-0.25, -0.2) is 9.48 Å². The molecule has 1 aliphatic carbocycles. The van der Waals surface area contributed by atoms with Gasteiger partial charge in [0.1, 0.15) is 0 Å². The number of fused-ring (bicyclic) bond motifs is 1. The molecule has 2 heterocycles. The summed E-state index contributed by atoms with van der Waals surface area (Å²) in [7, 11) is 0. The minimum atomic E-state index is -0.769. The first-order chi connectivity index (χ1) is 12.5. The predicted molar refractivity (Wildman–Crippen MR) is 106 cm³/mol. The lowest BCUT2D eigenvalue weighted by Crippen LogP contribution is -2.48. The number of nitrogens with two attached hydrogens (primary N) is 1. The minimum absolute atomic E-state index is 0. The second-order valence-electron chi connectivity index (χ2n) is 6.89. The van der Waals surface area contributed by atoms with Gasteiger partial charge in [0.2, 0.25) is 5.91 Å². The first-order valence-electron chi connectivity index (χ1n) is 8.79. The summed E-state index contributed by atoms with van der Waals surface area (Å²) in [5, 5.41) is 7.25. The highest BCUT2D eigenvalue weighted by Gasteiger charge is 2.36. The number of hydrogen-bond donors (Lipinski definition) is 2. The van der Waals surface area contributed by atoms with Gasteiger partial charge >= 0.3 is 5.69 Å². The Morgan fingerprint density at radius 3 is 2.70 bits per heavy atom. The van der Waals surface area contributed by atoms with Gasteiger partial charge in [-0.05, 0) is 42.7 Å². The maximum Gasteiger partial charge on any atom is 0.350 e.